The summed E-state index contributed by atoms with van der Waals surface area (Å²) < 4.78 is 5.73. The van der Waals surface area contributed by atoms with Gasteiger partial charge in [0.15, 0.2) is 0 Å². The third-order valence-electron chi connectivity index (χ3n) is 2.34. The van der Waals surface area contributed by atoms with Crippen LogP contribution in [0.15, 0.2) is 30.3 Å². The van der Waals surface area contributed by atoms with E-state index in [9.17, 15) is 0 Å². The second kappa shape index (κ2) is 6.46. The van der Waals surface area contributed by atoms with Crippen molar-refractivity contribution in [3.63, 3.8) is 0 Å². The maximum absolute atomic E-state index is 5.73. The van der Waals surface area contributed by atoms with E-state index in [0.29, 0.717) is 0 Å². The van der Waals surface area contributed by atoms with E-state index in [1.54, 1.807) is 0 Å². The van der Waals surface area contributed by atoms with Crippen molar-refractivity contribution in [2.24, 2.45) is 5.92 Å². The van der Waals surface area contributed by atoms with Gasteiger partial charge in [-0.3, -0.25) is 0 Å². The van der Waals surface area contributed by atoms with E-state index < -0.39 is 0 Å². The molecule has 0 saturated carbocycles. The second-order valence-electron chi connectivity index (χ2n) is 3.73. The monoisotopic (exact) mass is 240 g/mol. The minimum atomic E-state index is 0.748. The minimum Gasteiger partial charge on any atom is -0.376 e. The molecule has 0 bridgehead atoms. The highest BCUT2D eigenvalue weighted by molar-refractivity contribution is 8.16. The molecule has 1 fully saturated rings. The van der Waals surface area contributed by atoms with Crippen LogP contribution in [0.1, 0.15) is 5.56 Å². The zero-order valence-electron chi connectivity index (χ0n) is 8.72. The zero-order chi connectivity index (χ0) is 10.3. The van der Waals surface area contributed by atoms with Crippen LogP contribution in [0.4, 0.5) is 0 Å². The van der Waals surface area contributed by atoms with Crippen LogP contribution in [0.25, 0.3) is 0 Å². The standard InChI is InChI=1S/C12H16OS2/c1-2-4-11(5-3-1)6-13-7-12-8-14-10-15-9-12/h1-5,12H,6-10H2. The molecule has 3 heteroatoms. The summed E-state index contributed by atoms with van der Waals surface area (Å²) in [5.74, 6) is 3.28. The molecule has 1 saturated heterocycles. The first-order valence-electron chi connectivity index (χ1n) is 5.22. The molecule has 2 rings (SSSR count). The molecule has 82 valence electrons. The molecular formula is C12H16OS2. The molecule has 1 nitrogen and oxygen atoms in total. The van der Waals surface area contributed by atoms with Crippen LogP contribution in [0, 0.1) is 5.92 Å². The van der Waals surface area contributed by atoms with E-state index in [1.807, 2.05) is 29.6 Å². The van der Waals surface area contributed by atoms with Gasteiger partial charge in [-0.15, -0.1) is 0 Å². The lowest BCUT2D eigenvalue weighted by Crippen LogP contribution is -2.18. The van der Waals surface area contributed by atoms with Crippen molar-refractivity contribution in [2.45, 2.75) is 6.61 Å². The van der Waals surface area contributed by atoms with Crippen molar-refractivity contribution in [3.05, 3.63) is 35.9 Å². The Bertz CT molecular complexity index is 270. The number of benzene rings is 1. The summed E-state index contributed by atoms with van der Waals surface area (Å²) in [7, 11) is 0. The van der Waals surface area contributed by atoms with Gasteiger partial charge in [0.25, 0.3) is 0 Å². The van der Waals surface area contributed by atoms with Crippen LogP contribution >= 0.6 is 23.5 Å². The van der Waals surface area contributed by atoms with Crippen LogP contribution in [0.3, 0.4) is 0 Å². The largest absolute Gasteiger partial charge is 0.376 e. The van der Waals surface area contributed by atoms with Crippen molar-refractivity contribution in [1.82, 2.24) is 0 Å². The third kappa shape index (κ3) is 4.09. The van der Waals surface area contributed by atoms with E-state index in [2.05, 4.69) is 24.3 Å². The Morgan fingerprint density at radius 3 is 2.60 bits per heavy atom. The van der Waals surface area contributed by atoms with Gasteiger partial charge in [-0.2, -0.15) is 23.5 Å². The Morgan fingerprint density at radius 2 is 1.87 bits per heavy atom. The Kier molecular flexibility index (Phi) is 4.90. The lowest BCUT2D eigenvalue weighted by atomic mass is 10.2. The normalized spacial score (nSPS) is 17.9. The van der Waals surface area contributed by atoms with Crippen LogP contribution in [-0.2, 0) is 11.3 Å². The first kappa shape index (κ1) is 11.4. The Labute approximate surface area is 100.0 Å². The average Bonchev–Trinajstić information content (AvgIpc) is 2.32. The van der Waals surface area contributed by atoms with Gasteiger partial charge in [-0.05, 0) is 17.1 Å². The molecule has 1 heterocycles. The molecule has 1 aromatic carbocycles. The summed E-state index contributed by atoms with van der Waals surface area (Å²) in [6.45, 7) is 1.67. The fourth-order valence-corrected chi connectivity index (χ4v) is 4.04. The Hall–Kier alpha value is -0.120. The summed E-state index contributed by atoms with van der Waals surface area (Å²) in [5.41, 5.74) is 1.27. The van der Waals surface area contributed by atoms with Crippen molar-refractivity contribution in [1.29, 1.82) is 0 Å². The first-order chi connectivity index (χ1) is 7.45. The highest BCUT2D eigenvalue weighted by Crippen LogP contribution is 2.25. The van der Waals surface area contributed by atoms with Gasteiger partial charge in [0.2, 0.25) is 0 Å². The molecule has 1 aliphatic heterocycles. The van der Waals surface area contributed by atoms with Crippen molar-refractivity contribution < 1.29 is 4.74 Å². The molecule has 0 amide bonds. The lowest BCUT2D eigenvalue weighted by molar-refractivity contribution is 0.0993. The molecule has 0 radical (unpaired) electrons. The predicted molar refractivity (Wildman–Crippen MR) is 69.4 cm³/mol. The molecule has 0 atom stereocenters. The van der Waals surface area contributed by atoms with Gasteiger partial charge in [0, 0.05) is 11.0 Å². The molecule has 0 spiro atoms. The summed E-state index contributed by atoms with van der Waals surface area (Å²) in [4.78, 5) is 0. The van der Waals surface area contributed by atoms with Gasteiger partial charge < -0.3 is 4.74 Å². The Morgan fingerprint density at radius 1 is 1.13 bits per heavy atom. The minimum absolute atomic E-state index is 0.748. The van der Waals surface area contributed by atoms with Crippen molar-refractivity contribution in [3.8, 4) is 0 Å². The van der Waals surface area contributed by atoms with Gasteiger partial charge in [-0.1, -0.05) is 30.3 Å². The third-order valence-corrected chi connectivity index (χ3v) is 5.09. The fraction of sp³-hybridized carbons (Fsp3) is 0.500. The first-order valence-corrected chi connectivity index (χ1v) is 7.53. The summed E-state index contributed by atoms with van der Waals surface area (Å²) in [6.07, 6.45) is 0. The van der Waals surface area contributed by atoms with E-state index in [0.717, 1.165) is 19.1 Å². The van der Waals surface area contributed by atoms with E-state index in [4.69, 9.17) is 4.74 Å². The molecule has 1 aromatic rings. The molecule has 0 unspecified atom stereocenters. The number of rotatable bonds is 4. The van der Waals surface area contributed by atoms with Crippen molar-refractivity contribution in [2.75, 3.05) is 23.2 Å². The summed E-state index contributed by atoms with van der Waals surface area (Å²) >= 11 is 4.06. The molecule has 1 aliphatic rings. The van der Waals surface area contributed by atoms with Crippen LogP contribution in [0.2, 0.25) is 0 Å². The number of ether oxygens (including phenoxy) is 1. The SMILES string of the molecule is c1ccc(COCC2CSCSC2)cc1. The van der Waals surface area contributed by atoms with Gasteiger partial charge in [0.1, 0.15) is 0 Å². The van der Waals surface area contributed by atoms with E-state index in [1.165, 1.54) is 22.2 Å². The van der Waals surface area contributed by atoms with Crippen LogP contribution in [0.5, 0.6) is 0 Å². The maximum atomic E-state index is 5.73. The smallest absolute Gasteiger partial charge is 0.0717 e. The molecule has 0 N–H and O–H groups in total. The molecular weight excluding hydrogens is 224 g/mol. The average molecular weight is 240 g/mol. The molecule has 0 aromatic heterocycles. The quantitative estimate of drug-likeness (QED) is 0.799. The predicted octanol–water partition coefficient (Wildman–Crippen LogP) is 3.26. The molecule has 0 aliphatic carbocycles. The topological polar surface area (TPSA) is 9.23 Å². The summed E-state index contributed by atoms with van der Waals surface area (Å²) in [5, 5.41) is 1.26. The zero-order valence-corrected chi connectivity index (χ0v) is 10.4. The van der Waals surface area contributed by atoms with E-state index in [-0.39, 0.29) is 0 Å². The maximum Gasteiger partial charge on any atom is 0.0717 e. The second-order valence-corrected chi connectivity index (χ2v) is 6.15. The number of hydrogen-bond donors (Lipinski definition) is 0. The van der Waals surface area contributed by atoms with Crippen LogP contribution in [-0.4, -0.2) is 23.2 Å². The fourth-order valence-electron chi connectivity index (χ4n) is 1.55. The number of hydrogen-bond acceptors (Lipinski definition) is 3. The van der Waals surface area contributed by atoms with Gasteiger partial charge >= 0.3 is 0 Å². The highest BCUT2D eigenvalue weighted by Gasteiger charge is 2.13. The molecule has 15 heavy (non-hydrogen) atoms. The van der Waals surface area contributed by atoms with Gasteiger partial charge in [-0.25, -0.2) is 0 Å². The van der Waals surface area contributed by atoms with Gasteiger partial charge in [0.05, 0.1) is 13.2 Å². The Balaban J connectivity index is 1.66. The van der Waals surface area contributed by atoms with E-state index >= 15 is 0 Å². The van der Waals surface area contributed by atoms with Crippen molar-refractivity contribution >= 4 is 23.5 Å². The highest BCUT2D eigenvalue weighted by atomic mass is 32.2. The number of thioether (sulfide) groups is 2. The summed E-state index contributed by atoms with van der Waals surface area (Å²) in [6, 6.07) is 10.4. The lowest BCUT2D eigenvalue weighted by Gasteiger charge is -2.20. The van der Waals surface area contributed by atoms with Crippen LogP contribution < -0.4 is 0 Å².